The Bertz CT molecular complexity index is 105. The van der Waals surface area contributed by atoms with E-state index in [-0.39, 0.29) is 13.0 Å². The summed E-state index contributed by atoms with van der Waals surface area (Å²) in [4.78, 5) is 1.76. The monoisotopic (exact) mass is 195 g/mol. The number of halogens is 2. The van der Waals surface area contributed by atoms with E-state index in [2.05, 4.69) is 0 Å². The number of likely N-dealkylation sites (tertiary alicyclic amines) is 1. The van der Waals surface area contributed by atoms with Gasteiger partial charge in [0.1, 0.15) is 0 Å². The third-order valence-electron chi connectivity index (χ3n) is 1.70. The van der Waals surface area contributed by atoms with Gasteiger partial charge in [0.25, 0.3) is 5.92 Å². The zero-order chi connectivity index (χ0) is 10.9. The standard InChI is InChI=1S/C6H11F2N.2C2H6/c1-2-9-4-3-6(7,8)5-9;2*1-2/h2-5H2,1H3;2*1-2H3. The van der Waals surface area contributed by atoms with Crippen molar-refractivity contribution in [1.29, 1.82) is 0 Å². The van der Waals surface area contributed by atoms with Gasteiger partial charge in [-0.05, 0) is 6.54 Å². The number of alkyl halides is 2. The van der Waals surface area contributed by atoms with Gasteiger partial charge in [-0.15, -0.1) is 0 Å². The fraction of sp³-hybridized carbons (Fsp3) is 1.00. The molecule has 1 fully saturated rings. The van der Waals surface area contributed by atoms with Crippen LogP contribution in [0.15, 0.2) is 0 Å². The van der Waals surface area contributed by atoms with Crippen LogP contribution >= 0.6 is 0 Å². The zero-order valence-electron chi connectivity index (χ0n) is 9.53. The summed E-state index contributed by atoms with van der Waals surface area (Å²) in [6.45, 7) is 11.2. The zero-order valence-corrected chi connectivity index (χ0v) is 9.53. The lowest BCUT2D eigenvalue weighted by molar-refractivity contribution is 0.0127. The Balaban J connectivity index is 0. The molecular formula is C10H23F2N. The molecule has 0 atom stereocenters. The minimum absolute atomic E-state index is 0.0382. The van der Waals surface area contributed by atoms with Gasteiger partial charge in [-0.1, -0.05) is 34.6 Å². The van der Waals surface area contributed by atoms with Crippen molar-refractivity contribution in [2.45, 2.75) is 47.0 Å². The highest BCUT2D eigenvalue weighted by atomic mass is 19.3. The van der Waals surface area contributed by atoms with Gasteiger partial charge in [0.2, 0.25) is 0 Å². The van der Waals surface area contributed by atoms with E-state index >= 15 is 0 Å². The molecule has 0 spiro atoms. The lowest BCUT2D eigenvalue weighted by Crippen LogP contribution is -2.24. The predicted octanol–water partition coefficient (Wildman–Crippen LogP) is 3.40. The fourth-order valence-electron chi connectivity index (χ4n) is 1.08. The second kappa shape index (κ2) is 8.42. The van der Waals surface area contributed by atoms with Crippen molar-refractivity contribution in [3.05, 3.63) is 0 Å². The lowest BCUT2D eigenvalue weighted by atomic mass is 10.3. The summed E-state index contributed by atoms with van der Waals surface area (Å²) in [5, 5.41) is 0. The van der Waals surface area contributed by atoms with Gasteiger partial charge < -0.3 is 0 Å². The summed E-state index contributed by atoms with van der Waals surface area (Å²) in [6, 6.07) is 0. The largest absolute Gasteiger partial charge is 0.298 e. The van der Waals surface area contributed by atoms with Gasteiger partial charge in [0.15, 0.2) is 0 Å². The Morgan fingerprint density at radius 2 is 1.62 bits per heavy atom. The normalized spacial score (nSPS) is 19.6. The molecule has 3 heteroatoms. The lowest BCUT2D eigenvalue weighted by Gasteiger charge is -2.11. The van der Waals surface area contributed by atoms with Crippen molar-refractivity contribution in [2.24, 2.45) is 0 Å². The van der Waals surface area contributed by atoms with Gasteiger partial charge >= 0.3 is 0 Å². The third-order valence-corrected chi connectivity index (χ3v) is 1.70. The Morgan fingerprint density at radius 1 is 1.15 bits per heavy atom. The highest BCUT2D eigenvalue weighted by molar-refractivity contribution is 4.80. The predicted molar refractivity (Wildman–Crippen MR) is 54.4 cm³/mol. The molecule has 1 aliphatic rings. The molecule has 0 bridgehead atoms. The van der Waals surface area contributed by atoms with Crippen LogP contribution in [-0.2, 0) is 0 Å². The van der Waals surface area contributed by atoms with Crippen LogP contribution in [0.2, 0.25) is 0 Å². The summed E-state index contributed by atoms with van der Waals surface area (Å²) in [5.74, 6) is -2.41. The van der Waals surface area contributed by atoms with Crippen LogP contribution in [0.25, 0.3) is 0 Å². The van der Waals surface area contributed by atoms with Gasteiger partial charge in [-0.25, -0.2) is 8.78 Å². The highest BCUT2D eigenvalue weighted by Crippen LogP contribution is 2.25. The van der Waals surface area contributed by atoms with Crippen LogP contribution in [0, 0.1) is 0 Å². The van der Waals surface area contributed by atoms with Crippen molar-refractivity contribution >= 4 is 0 Å². The van der Waals surface area contributed by atoms with Crippen LogP contribution in [-0.4, -0.2) is 30.5 Å². The molecule has 1 aliphatic heterocycles. The Kier molecular flexibility index (Phi) is 9.91. The first kappa shape index (κ1) is 15.3. The molecule has 1 saturated heterocycles. The van der Waals surface area contributed by atoms with E-state index in [9.17, 15) is 8.78 Å². The number of hydrogen-bond donors (Lipinski definition) is 0. The molecule has 0 unspecified atom stereocenters. The second-order valence-corrected chi connectivity index (χ2v) is 2.47. The van der Waals surface area contributed by atoms with Gasteiger partial charge in [0.05, 0.1) is 6.54 Å². The maximum atomic E-state index is 12.3. The quantitative estimate of drug-likeness (QED) is 0.620. The van der Waals surface area contributed by atoms with E-state index in [1.807, 2.05) is 34.6 Å². The first-order valence-corrected chi connectivity index (χ1v) is 5.24. The van der Waals surface area contributed by atoms with Crippen LogP contribution < -0.4 is 0 Å². The molecule has 1 nitrogen and oxygen atoms in total. The van der Waals surface area contributed by atoms with E-state index in [0.29, 0.717) is 6.54 Å². The molecule has 0 aromatic carbocycles. The Labute approximate surface area is 81.1 Å². The first-order chi connectivity index (χ1) is 6.14. The molecular weight excluding hydrogens is 172 g/mol. The van der Waals surface area contributed by atoms with Crippen LogP contribution in [0.4, 0.5) is 8.78 Å². The van der Waals surface area contributed by atoms with E-state index in [4.69, 9.17) is 0 Å². The number of hydrogen-bond acceptors (Lipinski definition) is 1. The van der Waals surface area contributed by atoms with Crippen molar-refractivity contribution in [1.82, 2.24) is 4.90 Å². The molecule has 13 heavy (non-hydrogen) atoms. The maximum absolute atomic E-state index is 12.3. The minimum atomic E-state index is -2.41. The van der Waals surface area contributed by atoms with E-state index < -0.39 is 5.92 Å². The van der Waals surface area contributed by atoms with Crippen LogP contribution in [0.3, 0.4) is 0 Å². The van der Waals surface area contributed by atoms with Gasteiger partial charge in [-0.2, -0.15) is 0 Å². The van der Waals surface area contributed by atoms with Crippen LogP contribution in [0.1, 0.15) is 41.0 Å². The van der Waals surface area contributed by atoms with Crippen LogP contribution in [0.5, 0.6) is 0 Å². The average Bonchev–Trinajstić information content (AvgIpc) is 2.52. The number of nitrogens with zero attached hydrogens (tertiary/aromatic N) is 1. The topological polar surface area (TPSA) is 3.24 Å². The molecule has 0 amide bonds. The Morgan fingerprint density at radius 3 is 1.77 bits per heavy atom. The van der Waals surface area contributed by atoms with Crippen molar-refractivity contribution in [2.75, 3.05) is 19.6 Å². The molecule has 0 aromatic rings. The minimum Gasteiger partial charge on any atom is -0.298 e. The summed E-state index contributed by atoms with van der Waals surface area (Å²) >= 11 is 0. The number of rotatable bonds is 1. The van der Waals surface area contributed by atoms with Crippen molar-refractivity contribution in [3.63, 3.8) is 0 Å². The molecule has 82 valence electrons. The maximum Gasteiger partial charge on any atom is 0.261 e. The molecule has 0 saturated carbocycles. The molecule has 0 aliphatic carbocycles. The molecule has 1 rings (SSSR count). The smallest absolute Gasteiger partial charge is 0.261 e. The van der Waals surface area contributed by atoms with E-state index in [1.165, 1.54) is 0 Å². The molecule has 1 heterocycles. The van der Waals surface area contributed by atoms with E-state index in [1.54, 1.807) is 4.90 Å². The Hall–Kier alpha value is -0.180. The van der Waals surface area contributed by atoms with Crippen molar-refractivity contribution < 1.29 is 8.78 Å². The summed E-state index contributed by atoms with van der Waals surface area (Å²) in [5.41, 5.74) is 0. The fourth-order valence-corrected chi connectivity index (χ4v) is 1.08. The first-order valence-electron chi connectivity index (χ1n) is 5.24. The second-order valence-electron chi connectivity index (χ2n) is 2.47. The molecule has 0 radical (unpaired) electrons. The van der Waals surface area contributed by atoms with Crippen molar-refractivity contribution in [3.8, 4) is 0 Å². The summed E-state index contributed by atoms with van der Waals surface area (Å²) in [6.07, 6.45) is 0.0425. The summed E-state index contributed by atoms with van der Waals surface area (Å²) < 4.78 is 24.7. The molecule has 0 aromatic heterocycles. The average molecular weight is 195 g/mol. The van der Waals surface area contributed by atoms with Gasteiger partial charge in [-0.3, -0.25) is 4.90 Å². The van der Waals surface area contributed by atoms with Gasteiger partial charge in [0, 0.05) is 13.0 Å². The third kappa shape index (κ3) is 6.94. The summed E-state index contributed by atoms with van der Waals surface area (Å²) in [7, 11) is 0. The molecule has 0 N–H and O–H groups in total. The SMILES string of the molecule is CC.CC.CCN1CCC(F)(F)C1. The van der Waals surface area contributed by atoms with E-state index in [0.717, 1.165) is 6.54 Å². The highest BCUT2D eigenvalue weighted by Gasteiger charge is 2.36.